The van der Waals surface area contributed by atoms with Crippen molar-refractivity contribution in [1.82, 2.24) is 0 Å². The standard InChI is InChI=1S/2C19H19NO6/c2*1-26-18-8-11(3-7-17(18)23)2-6-16(22)14-10-13(21)5-4-12(14)9-15(20)19(24)25/h2*2-8,10,15,21,23H,9,20H2,1H3,(H,24,25)/b2*6-2+. The molecule has 0 bridgehead atoms. The maximum absolute atomic E-state index is 12.5. The summed E-state index contributed by atoms with van der Waals surface area (Å²) in [6.45, 7) is 0. The summed E-state index contributed by atoms with van der Waals surface area (Å²) in [6, 6.07) is 15.1. The van der Waals surface area contributed by atoms with Gasteiger partial charge in [0.25, 0.3) is 0 Å². The number of phenolic OH excluding ortho intramolecular Hbond substituents is 4. The van der Waals surface area contributed by atoms with E-state index >= 15 is 0 Å². The number of hydrogen-bond acceptors (Lipinski definition) is 12. The Morgan fingerprint density at radius 2 is 0.962 bits per heavy atom. The minimum atomic E-state index is -1.18. The summed E-state index contributed by atoms with van der Waals surface area (Å²) < 4.78 is 10.0. The van der Waals surface area contributed by atoms with Crippen LogP contribution in [0.4, 0.5) is 0 Å². The van der Waals surface area contributed by atoms with Gasteiger partial charge in [-0.1, -0.05) is 36.4 Å². The number of phenols is 4. The minimum Gasteiger partial charge on any atom is -0.508 e. The number of hydrogen-bond donors (Lipinski definition) is 8. The predicted octanol–water partition coefficient (Wildman–Crippen LogP) is 3.91. The Morgan fingerprint density at radius 1 is 0.596 bits per heavy atom. The smallest absolute Gasteiger partial charge is 0.320 e. The lowest BCUT2D eigenvalue weighted by molar-refractivity contribution is -0.139. The average Bonchev–Trinajstić information content (AvgIpc) is 3.12. The van der Waals surface area contributed by atoms with Crippen LogP contribution >= 0.6 is 0 Å². The van der Waals surface area contributed by atoms with Crippen LogP contribution in [0.5, 0.6) is 34.5 Å². The third kappa shape index (κ3) is 11.2. The molecular formula is C38H38N2O12. The van der Waals surface area contributed by atoms with Crippen molar-refractivity contribution < 1.29 is 59.3 Å². The quantitative estimate of drug-likeness (QED) is 0.0680. The van der Waals surface area contributed by atoms with Crippen molar-refractivity contribution in [3.05, 3.63) is 118 Å². The van der Waals surface area contributed by atoms with Gasteiger partial charge in [0.1, 0.15) is 23.6 Å². The number of carbonyl (C=O) groups is 4. The number of carbonyl (C=O) groups excluding carboxylic acids is 2. The van der Waals surface area contributed by atoms with E-state index in [4.69, 9.17) is 31.2 Å². The second kappa shape index (κ2) is 18.4. The zero-order valence-electron chi connectivity index (χ0n) is 28.1. The molecule has 2 unspecified atom stereocenters. The maximum atomic E-state index is 12.5. The Hall–Kier alpha value is -6.64. The number of ketones is 2. The van der Waals surface area contributed by atoms with Gasteiger partial charge in [0.15, 0.2) is 34.6 Å². The van der Waals surface area contributed by atoms with Gasteiger partial charge in [-0.25, -0.2) is 0 Å². The first kappa shape index (κ1) is 39.8. The molecule has 4 aromatic rings. The van der Waals surface area contributed by atoms with Crippen molar-refractivity contribution >= 4 is 35.7 Å². The molecule has 2 atom stereocenters. The SMILES string of the molecule is COc1cc(/C=C/C(=O)c2cc(O)ccc2CC(N)C(=O)O)ccc1O.COc1cc(/C=C/C(=O)c2cc(O)ccc2CC(N)C(=O)O)ccc1O. The van der Waals surface area contributed by atoms with Crippen LogP contribution < -0.4 is 20.9 Å². The van der Waals surface area contributed by atoms with Crippen LogP contribution in [-0.2, 0) is 22.4 Å². The zero-order valence-corrected chi connectivity index (χ0v) is 28.1. The first-order valence-electron chi connectivity index (χ1n) is 15.4. The molecule has 10 N–H and O–H groups in total. The normalized spacial score (nSPS) is 12.1. The number of aromatic hydroxyl groups is 4. The van der Waals surface area contributed by atoms with Crippen molar-refractivity contribution in [3.8, 4) is 34.5 Å². The van der Waals surface area contributed by atoms with Crippen molar-refractivity contribution in [3.63, 3.8) is 0 Å². The number of aliphatic carboxylic acids is 2. The molecule has 272 valence electrons. The number of carboxylic acid groups (broad SMARTS) is 2. The Bertz CT molecular complexity index is 1860. The largest absolute Gasteiger partial charge is 0.508 e. The van der Waals surface area contributed by atoms with Gasteiger partial charge in [-0.2, -0.15) is 0 Å². The molecule has 0 radical (unpaired) electrons. The van der Waals surface area contributed by atoms with E-state index < -0.39 is 35.6 Å². The van der Waals surface area contributed by atoms with E-state index in [1.165, 1.54) is 87.1 Å². The number of nitrogens with two attached hydrogens (primary N) is 2. The van der Waals surface area contributed by atoms with E-state index in [9.17, 15) is 39.6 Å². The van der Waals surface area contributed by atoms with Crippen LogP contribution in [0.25, 0.3) is 12.2 Å². The zero-order chi connectivity index (χ0) is 38.5. The molecule has 0 aliphatic carbocycles. The summed E-state index contributed by atoms with van der Waals surface area (Å²) in [4.78, 5) is 46.9. The van der Waals surface area contributed by atoms with Crippen molar-refractivity contribution in [1.29, 1.82) is 0 Å². The number of carboxylic acids is 2. The Labute approximate surface area is 298 Å². The van der Waals surface area contributed by atoms with Gasteiger partial charge in [-0.05, 0) is 95.8 Å². The molecule has 0 aliphatic heterocycles. The number of allylic oxidation sites excluding steroid dienone is 2. The molecule has 4 rings (SSSR count). The fraction of sp³-hybridized carbons (Fsp3) is 0.158. The van der Waals surface area contributed by atoms with Gasteiger partial charge < -0.3 is 51.6 Å². The van der Waals surface area contributed by atoms with Crippen LogP contribution in [0.2, 0.25) is 0 Å². The van der Waals surface area contributed by atoms with E-state index in [1.54, 1.807) is 24.3 Å². The average molecular weight is 715 g/mol. The Kier molecular flexibility index (Phi) is 14.1. The van der Waals surface area contributed by atoms with Crippen molar-refractivity contribution in [2.24, 2.45) is 11.5 Å². The molecule has 0 fully saturated rings. The molecule has 0 saturated heterocycles. The Morgan fingerprint density at radius 3 is 1.29 bits per heavy atom. The number of ether oxygens (including phenoxy) is 2. The highest BCUT2D eigenvalue weighted by Crippen LogP contribution is 2.28. The van der Waals surface area contributed by atoms with E-state index in [0.29, 0.717) is 22.3 Å². The third-order valence-electron chi connectivity index (χ3n) is 7.49. The van der Waals surface area contributed by atoms with Crippen LogP contribution in [0.1, 0.15) is 43.0 Å². The van der Waals surface area contributed by atoms with Crippen LogP contribution in [0.3, 0.4) is 0 Å². The molecule has 14 nitrogen and oxygen atoms in total. The lowest BCUT2D eigenvalue weighted by Gasteiger charge is -2.10. The highest BCUT2D eigenvalue weighted by Gasteiger charge is 2.19. The fourth-order valence-electron chi connectivity index (χ4n) is 4.71. The maximum Gasteiger partial charge on any atom is 0.320 e. The lowest BCUT2D eigenvalue weighted by Crippen LogP contribution is -2.32. The molecular weight excluding hydrogens is 676 g/mol. The fourth-order valence-corrected chi connectivity index (χ4v) is 4.71. The number of rotatable bonds is 14. The summed E-state index contributed by atoms with van der Waals surface area (Å²) in [7, 11) is 2.83. The molecule has 0 saturated carbocycles. The molecule has 0 aliphatic rings. The van der Waals surface area contributed by atoms with E-state index in [0.717, 1.165) is 0 Å². The van der Waals surface area contributed by atoms with Gasteiger partial charge in [-0.15, -0.1) is 0 Å². The second-order valence-electron chi connectivity index (χ2n) is 11.2. The summed E-state index contributed by atoms with van der Waals surface area (Å²) in [6.07, 6.45) is 5.53. The van der Waals surface area contributed by atoms with Crippen molar-refractivity contribution in [2.75, 3.05) is 14.2 Å². The summed E-state index contributed by atoms with van der Waals surface area (Å²) in [5.41, 5.74) is 13.5. The molecule has 52 heavy (non-hydrogen) atoms. The summed E-state index contributed by atoms with van der Waals surface area (Å²) >= 11 is 0. The molecule has 0 aromatic heterocycles. The first-order valence-corrected chi connectivity index (χ1v) is 15.4. The van der Waals surface area contributed by atoms with E-state index in [1.807, 2.05) is 0 Å². The highest BCUT2D eigenvalue weighted by atomic mass is 16.5. The van der Waals surface area contributed by atoms with Gasteiger partial charge in [-0.3, -0.25) is 19.2 Å². The molecule has 0 amide bonds. The van der Waals surface area contributed by atoms with E-state index in [-0.39, 0.29) is 58.5 Å². The summed E-state index contributed by atoms with van der Waals surface area (Å²) in [5, 5.41) is 56.3. The van der Waals surface area contributed by atoms with Crippen molar-refractivity contribution in [2.45, 2.75) is 24.9 Å². The molecule has 4 aromatic carbocycles. The van der Waals surface area contributed by atoms with Gasteiger partial charge in [0.05, 0.1) is 14.2 Å². The number of benzene rings is 4. The van der Waals surface area contributed by atoms with Crippen LogP contribution in [0.15, 0.2) is 84.9 Å². The first-order chi connectivity index (χ1) is 24.6. The van der Waals surface area contributed by atoms with E-state index in [2.05, 4.69) is 0 Å². The topological polar surface area (TPSA) is 260 Å². The highest BCUT2D eigenvalue weighted by molar-refractivity contribution is 6.09. The third-order valence-corrected chi connectivity index (χ3v) is 7.49. The van der Waals surface area contributed by atoms with Gasteiger partial charge >= 0.3 is 11.9 Å². The van der Waals surface area contributed by atoms with Crippen LogP contribution in [-0.4, -0.2) is 80.4 Å². The summed E-state index contributed by atoms with van der Waals surface area (Å²) in [5.74, 6) is -2.91. The minimum absolute atomic E-state index is 0.0195. The Balaban J connectivity index is 0.000000280. The molecule has 14 heteroatoms. The molecule has 0 spiro atoms. The number of methoxy groups -OCH3 is 2. The van der Waals surface area contributed by atoms with Crippen LogP contribution in [0, 0.1) is 0 Å². The predicted molar refractivity (Wildman–Crippen MR) is 191 cm³/mol. The van der Waals surface area contributed by atoms with Gasteiger partial charge in [0.2, 0.25) is 0 Å². The lowest BCUT2D eigenvalue weighted by atomic mass is 9.97. The second-order valence-corrected chi connectivity index (χ2v) is 11.2. The monoisotopic (exact) mass is 714 g/mol. The van der Waals surface area contributed by atoms with Gasteiger partial charge in [0, 0.05) is 11.1 Å². The molecule has 0 heterocycles.